The van der Waals surface area contributed by atoms with E-state index in [1.54, 1.807) is 12.5 Å². The molecule has 0 unspecified atom stereocenters. The highest BCUT2D eigenvalue weighted by Gasteiger charge is 2.31. The summed E-state index contributed by atoms with van der Waals surface area (Å²) in [7, 11) is 0. The summed E-state index contributed by atoms with van der Waals surface area (Å²) in [4.78, 5) is 30.7. The van der Waals surface area contributed by atoms with Crippen molar-refractivity contribution in [3.8, 4) is 0 Å². The van der Waals surface area contributed by atoms with Gasteiger partial charge in [0, 0.05) is 43.6 Å². The first-order chi connectivity index (χ1) is 14.7. The molecule has 7 nitrogen and oxygen atoms in total. The molecule has 0 aliphatic carbocycles. The average molecular weight is 409 g/mol. The van der Waals surface area contributed by atoms with E-state index in [-0.39, 0.29) is 11.8 Å². The van der Waals surface area contributed by atoms with Crippen LogP contribution in [0.3, 0.4) is 0 Å². The largest absolute Gasteiger partial charge is 0.356 e. The number of hydrogen-bond donors (Lipinski definition) is 1. The standard InChI is InChI=1S/C23H32N6O/c1-2-19-14-22(27-17-26-19)28-12-8-21(9-13-28)29-11-5-6-18(16-29)23(30)25-15-20-7-3-4-10-24-20/h3-4,7,10,14,17-18,21H,2,5-6,8-9,11-13,15-16H2,1H3,(H,25,30)/t18-/m1/s1. The van der Waals surface area contributed by atoms with Gasteiger partial charge in [-0.1, -0.05) is 13.0 Å². The van der Waals surface area contributed by atoms with Gasteiger partial charge in [0.2, 0.25) is 5.91 Å². The molecule has 2 aliphatic rings. The highest BCUT2D eigenvalue weighted by molar-refractivity contribution is 5.78. The molecule has 1 N–H and O–H groups in total. The Balaban J connectivity index is 1.27. The number of amides is 1. The summed E-state index contributed by atoms with van der Waals surface area (Å²) in [6.07, 6.45) is 8.68. The van der Waals surface area contributed by atoms with E-state index in [4.69, 9.17) is 0 Å². The maximum Gasteiger partial charge on any atom is 0.224 e. The predicted molar refractivity (Wildman–Crippen MR) is 117 cm³/mol. The number of nitrogens with one attached hydrogen (secondary N) is 1. The first-order valence-corrected chi connectivity index (χ1v) is 11.2. The second kappa shape index (κ2) is 9.98. The van der Waals surface area contributed by atoms with Gasteiger partial charge >= 0.3 is 0 Å². The Morgan fingerprint density at radius 3 is 2.73 bits per heavy atom. The normalized spacial score (nSPS) is 20.8. The number of piperidine rings is 2. The molecule has 2 aliphatic heterocycles. The van der Waals surface area contributed by atoms with E-state index in [0.717, 1.165) is 75.5 Å². The Morgan fingerprint density at radius 1 is 1.10 bits per heavy atom. The van der Waals surface area contributed by atoms with E-state index in [1.165, 1.54) is 0 Å². The van der Waals surface area contributed by atoms with Crippen molar-refractivity contribution in [2.75, 3.05) is 31.1 Å². The van der Waals surface area contributed by atoms with E-state index < -0.39 is 0 Å². The van der Waals surface area contributed by atoms with Crippen molar-refractivity contribution in [1.82, 2.24) is 25.2 Å². The summed E-state index contributed by atoms with van der Waals surface area (Å²) < 4.78 is 0. The minimum absolute atomic E-state index is 0.0782. The van der Waals surface area contributed by atoms with Crippen LogP contribution in [0, 0.1) is 5.92 Å². The molecule has 0 saturated carbocycles. The fourth-order valence-electron chi connectivity index (χ4n) is 4.59. The maximum atomic E-state index is 12.7. The van der Waals surface area contributed by atoms with Crippen LogP contribution in [0.5, 0.6) is 0 Å². The zero-order valence-electron chi connectivity index (χ0n) is 17.8. The van der Waals surface area contributed by atoms with Crippen LogP contribution in [0.2, 0.25) is 0 Å². The molecule has 2 aromatic rings. The van der Waals surface area contributed by atoms with E-state index >= 15 is 0 Å². The number of hydrogen-bond acceptors (Lipinski definition) is 6. The molecule has 0 bridgehead atoms. The number of anilines is 1. The molecule has 1 amide bonds. The number of aromatic nitrogens is 3. The number of likely N-dealkylation sites (tertiary alicyclic amines) is 1. The van der Waals surface area contributed by atoms with Crippen molar-refractivity contribution in [3.05, 3.63) is 48.2 Å². The van der Waals surface area contributed by atoms with Crippen LogP contribution in [-0.2, 0) is 17.8 Å². The van der Waals surface area contributed by atoms with Gasteiger partial charge in [-0.15, -0.1) is 0 Å². The number of pyridine rings is 1. The third-order valence-corrected chi connectivity index (χ3v) is 6.37. The van der Waals surface area contributed by atoms with Crippen LogP contribution in [0.1, 0.15) is 44.0 Å². The van der Waals surface area contributed by atoms with Crippen LogP contribution in [0.4, 0.5) is 5.82 Å². The number of carbonyl (C=O) groups is 1. The molecule has 0 radical (unpaired) electrons. The lowest BCUT2D eigenvalue weighted by molar-refractivity contribution is -0.127. The molecular weight excluding hydrogens is 376 g/mol. The van der Waals surface area contributed by atoms with E-state index in [2.05, 4.69) is 43.1 Å². The van der Waals surface area contributed by atoms with Crippen LogP contribution < -0.4 is 10.2 Å². The molecular formula is C23H32N6O. The topological polar surface area (TPSA) is 74.2 Å². The van der Waals surface area contributed by atoms with Gasteiger partial charge in [0.25, 0.3) is 0 Å². The first kappa shape index (κ1) is 20.7. The Hall–Kier alpha value is -2.54. The van der Waals surface area contributed by atoms with E-state index in [0.29, 0.717) is 12.6 Å². The third kappa shape index (κ3) is 5.14. The van der Waals surface area contributed by atoms with Gasteiger partial charge in [-0.3, -0.25) is 14.7 Å². The number of aryl methyl sites for hydroxylation is 1. The van der Waals surface area contributed by atoms with Gasteiger partial charge < -0.3 is 10.2 Å². The lowest BCUT2D eigenvalue weighted by atomic mass is 9.93. The van der Waals surface area contributed by atoms with Crippen LogP contribution in [-0.4, -0.2) is 58.0 Å². The van der Waals surface area contributed by atoms with Crippen LogP contribution >= 0.6 is 0 Å². The SMILES string of the molecule is CCc1cc(N2CCC(N3CCC[C@@H](C(=O)NCc4ccccn4)C3)CC2)ncn1. The zero-order valence-corrected chi connectivity index (χ0v) is 17.8. The van der Waals surface area contributed by atoms with Gasteiger partial charge in [0.05, 0.1) is 18.2 Å². The smallest absolute Gasteiger partial charge is 0.224 e. The van der Waals surface area contributed by atoms with Gasteiger partial charge in [0.1, 0.15) is 12.1 Å². The summed E-state index contributed by atoms with van der Waals surface area (Å²) in [6.45, 7) is 6.62. The average Bonchev–Trinajstić information content (AvgIpc) is 2.83. The molecule has 2 saturated heterocycles. The Labute approximate surface area is 178 Å². The molecule has 4 heterocycles. The van der Waals surface area contributed by atoms with Gasteiger partial charge in [-0.25, -0.2) is 9.97 Å². The molecule has 4 rings (SSSR count). The summed E-state index contributed by atoms with van der Waals surface area (Å²) in [5.74, 6) is 1.29. The van der Waals surface area contributed by atoms with Crippen molar-refractivity contribution < 1.29 is 4.79 Å². The maximum absolute atomic E-state index is 12.7. The quantitative estimate of drug-likeness (QED) is 0.791. The van der Waals surface area contributed by atoms with Crippen molar-refractivity contribution in [1.29, 1.82) is 0 Å². The lowest BCUT2D eigenvalue weighted by Gasteiger charge is -2.42. The minimum Gasteiger partial charge on any atom is -0.356 e. The number of carbonyl (C=O) groups excluding carboxylic acids is 1. The third-order valence-electron chi connectivity index (χ3n) is 6.37. The molecule has 7 heteroatoms. The highest BCUT2D eigenvalue weighted by atomic mass is 16.1. The van der Waals surface area contributed by atoms with Gasteiger partial charge in [0.15, 0.2) is 0 Å². The zero-order chi connectivity index (χ0) is 20.8. The molecule has 2 fully saturated rings. The summed E-state index contributed by atoms with van der Waals surface area (Å²) in [6, 6.07) is 8.46. The summed E-state index contributed by atoms with van der Waals surface area (Å²) >= 11 is 0. The second-order valence-corrected chi connectivity index (χ2v) is 8.31. The van der Waals surface area contributed by atoms with Crippen molar-refractivity contribution in [2.45, 2.75) is 51.6 Å². The summed E-state index contributed by atoms with van der Waals surface area (Å²) in [5, 5.41) is 3.08. The molecule has 30 heavy (non-hydrogen) atoms. The molecule has 0 aromatic carbocycles. The van der Waals surface area contributed by atoms with E-state index in [1.807, 2.05) is 18.2 Å². The lowest BCUT2D eigenvalue weighted by Crippen LogP contribution is -2.51. The monoisotopic (exact) mass is 408 g/mol. The molecule has 0 spiro atoms. The number of nitrogens with zero attached hydrogens (tertiary/aromatic N) is 5. The molecule has 160 valence electrons. The van der Waals surface area contributed by atoms with Crippen molar-refractivity contribution in [2.24, 2.45) is 5.92 Å². The number of rotatable bonds is 6. The van der Waals surface area contributed by atoms with Crippen LogP contribution in [0.15, 0.2) is 36.8 Å². The van der Waals surface area contributed by atoms with Crippen LogP contribution in [0.25, 0.3) is 0 Å². The Kier molecular flexibility index (Phi) is 6.89. The predicted octanol–water partition coefficient (Wildman–Crippen LogP) is 2.43. The van der Waals surface area contributed by atoms with Gasteiger partial charge in [-0.05, 0) is 50.8 Å². The molecule has 1 atom stereocenters. The fraction of sp³-hybridized carbons (Fsp3) is 0.565. The van der Waals surface area contributed by atoms with Gasteiger partial charge in [-0.2, -0.15) is 0 Å². The second-order valence-electron chi connectivity index (χ2n) is 8.31. The van der Waals surface area contributed by atoms with Crippen molar-refractivity contribution in [3.63, 3.8) is 0 Å². The Morgan fingerprint density at radius 2 is 1.97 bits per heavy atom. The molecule has 2 aromatic heterocycles. The summed E-state index contributed by atoms with van der Waals surface area (Å²) in [5.41, 5.74) is 2.00. The minimum atomic E-state index is 0.0782. The van der Waals surface area contributed by atoms with Crippen molar-refractivity contribution >= 4 is 11.7 Å². The first-order valence-electron chi connectivity index (χ1n) is 11.2. The fourth-order valence-corrected chi connectivity index (χ4v) is 4.59. The Bertz CT molecular complexity index is 821. The highest BCUT2D eigenvalue weighted by Crippen LogP contribution is 2.26. The van der Waals surface area contributed by atoms with E-state index in [9.17, 15) is 4.79 Å².